The van der Waals surface area contributed by atoms with Crippen LogP contribution in [-0.4, -0.2) is 30.5 Å². The number of hydrogen-bond acceptors (Lipinski definition) is 5. The molecule has 2 heterocycles. The second-order valence-electron chi connectivity index (χ2n) is 6.02. The van der Waals surface area contributed by atoms with E-state index >= 15 is 0 Å². The first-order valence-corrected chi connectivity index (χ1v) is 7.72. The van der Waals surface area contributed by atoms with Gasteiger partial charge in [-0.05, 0) is 30.5 Å². The van der Waals surface area contributed by atoms with Crippen molar-refractivity contribution in [1.82, 2.24) is 10.2 Å². The zero-order valence-corrected chi connectivity index (χ0v) is 13.3. The average Bonchev–Trinajstić information content (AvgIpc) is 3.06. The summed E-state index contributed by atoms with van der Waals surface area (Å²) in [5.74, 6) is 2.47. The van der Waals surface area contributed by atoms with Crippen LogP contribution < -0.4 is 4.74 Å². The van der Waals surface area contributed by atoms with E-state index < -0.39 is 0 Å². The zero-order chi connectivity index (χ0) is 15.6. The molecule has 1 aromatic heterocycles. The molecular weight excluding hydrogens is 280 g/mol. The second kappa shape index (κ2) is 6.08. The fourth-order valence-corrected chi connectivity index (χ4v) is 2.92. The van der Waals surface area contributed by atoms with Gasteiger partial charge in [-0.25, -0.2) is 0 Å². The number of nitrogens with zero attached hydrogens (tertiary/aromatic N) is 2. The van der Waals surface area contributed by atoms with E-state index in [4.69, 9.17) is 13.9 Å². The van der Waals surface area contributed by atoms with Crippen LogP contribution in [0.1, 0.15) is 50.0 Å². The molecule has 1 saturated heterocycles. The molecule has 0 amide bonds. The summed E-state index contributed by atoms with van der Waals surface area (Å²) >= 11 is 0. The Labute approximate surface area is 130 Å². The van der Waals surface area contributed by atoms with Gasteiger partial charge in [0.2, 0.25) is 11.8 Å². The minimum absolute atomic E-state index is 0.231. The van der Waals surface area contributed by atoms with Crippen LogP contribution in [0.25, 0.3) is 0 Å². The maximum absolute atomic E-state index is 5.99. The molecule has 0 atom stereocenters. The van der Waals surface area contributed by atoms with E-state index in [0.29, 0.717) is 25.0 Å². The molecule has 118 valence electrons. The molecular formula is C17H22N2O3. The number of hydrogen-bond donors (Lipinski definition) is 0. The molecule has 0 aliphatic carbocycles. The van der Waals surface area contributed by atoms with Gasteiger partial charge >= 0.3 is 0 Å². The third kappa shape index (κ3) is 2.61. The van der Waals surface area contributed by atoms with Crippen molar-refractivity contribution in [2.75, 3.05) is 20.3 Å². The van der Waals surface area contributed by atoms with E-state index in [1.165, 1.54) is 5.56 Å². The summed E-state index contributed by atoms with van der Waals surface area (Å²) in [7, 11) is 1.67. The number of methoxy groups -OCH3 is 1. The van der Waals surface area contributed by atoms with Crippen LogP contribution in [0, 0.1) is 0 Å². The first kappa shape index (κ1) is 15.0. The summed E-state index contributed by atoms with van der Waals surface area (Å²) in [4.78, 5) is 0. The van der Waals surface area contributed by atoms with Gasteiger partial charge < -0.3 is 13.9 Å². The fraction of sp³-hybridized carbons (Fsp3) is 0.529. The summed E-state index contributed by atoms with van der Waals surface area (Å²) in [6.45, 7) is 5.51. The normalized spacial score (nSPS) is 17.6. The van der Waals surface area contributed by atoms with Gasteiger partial charge in [0, 0.05) is 19.1 Å². The molecule has 0 N–H and O–H groups in total. The van der Waals surface area contributed by atoms with Crippen molar-refractivity contribution < 1.29 is 13.9 Å². The van der Waals surface area contributed by atoms with E-state index in [1.54, 1.807) is 7.11 Å². The van der Waals surface area contributed by atoms with Crippen molar-refractivity contribution in [3.8, 4) is 5.75 Å². The smallest absolute Gasteiger partial charge is 0.227 e. The van der Waals surface area contributed by atoms with Gasteiger partial charge in [0.15, 0.2) is 0 Å². The van der Waals surface area contributed by atoms with Crippen LogP contribution in [0.3, 0.4) is 0 Å². The quantitative estimate of drug-likeness (QED) is 0.867. The van der Waals surface area contributed by atoms with Crippen molar-refractivity contribution in [3.05, 3.63) is 41.6 Å². The number of benzene rings is 1. The maximum atomic E-state index is 5.99. The Balaban J connectivity index is 2.02. The Morgan fingerprint density at radius 1 is 1.09 bits per heavy atom. The maximum Gasteiger partial charge on any atom is 0.227 e. The molecule has 3 rings (SSSR count). The SMILES string of the molecule is COc1ccc(C2(c3nnc(C(C)C)o3)CCOCC2)cc1. The first-order valence-electron chi connectivity index (χ1n) is 7.72. The molecule has 0 radical (unpaired) electrons. The lowest BCUT2D eigenvalue weighted by atomic mass is 9.74. The van der Waals surface area contributed by atoms with Crippen molar-refractivity contribution in [1.29, 1.82) is 0 Å². The number of rotatable bonds is 4. The van der Waals surface area contributed by atoms with Gasteiger partial charge in [-0.2, -0.15) is 0 Å². The highest BCUT2D eigenvalue weighted by atomic mass is 16.5. The van der Waals surface area contributed by atoms with E-state index in [1.807, 2.05) is 12.1 Å². The molecule has 1 aliphatic heterocycles. The van der Waals surface area contributed by atoms with Crippen molar-refractivity contribution in [2.45, 2.75) is 38.0 Å². The molecule has 5 heteroatoms. The minimum atomic E-state index is -0.259. The van der Waals surface area contributed by atoms with Gasteiger partial charge in [0.1, 0.15) is 5.75 Å². The standard InChI is InChI=1S/C17H22N2O3/c1-12(2)15-18-19-16(22-15)17(8-10-21-11-9-17)13-4-6-14(20-3)7-5-13/h4-7,12H,8-11H2,1-3H3. The zero-order valence-electron chi connectivity index (χ0n) is 13.3. The van der Waals surface area contributed by atoms with E-state index in [2.05, 4.69) is 36.2 Å². The molecule has 1 fully saturated rings. The van der Waals surface area contributed by atoms with Gasteiger partial charge in [-0.15, -0.1) is 10.2 Å². The molecule has 1 aliphatic rings. The van der Waals surface area contributed by atoms with Crippen molar-refractivity contribution in [3.63, 3.8) is 0 Å². The number of aromatic nitrogens is 2. The molecule has 0 spiro atoms. The van der Waals surface area contributed by atoms with Crippen LogP contribution in [0.4, 0.5) is 0 Å². The summed E-state index contributed by atoms with van der Waals surface area (Å²) in [5.41, 5.74) is 0.917. The highest BCUT2D eigenvalue weighted by Gasteiger charge is 2.41. The Morgan fingerprint density at radius 2 is 1.77 bits per heavy atom. The molecule has 22 heavy (non-hydrogen) atoms. The van der Waals surface area contributed by atoms with Crippen molar-refractivity contribution >= 4 is 0 Å². The Morgan fingerprint density at radius 3 is 2.32 bits per heavy atom. The van der Waals surface area contributed by atoms with Gasteiger partial charge in [0.25, 0.3) is 0 Å². The minimum Gasteiger partial charge on any atom is -0.497 e. The van der Waals surface area contributed by atoms with Gasteiger partial charge in [0.05, 0.1) is 12.5 Å². The lowest BCUT2D eigenvalue weighted by Crippen LogP contribution is -2.35. The summed E-state index contributed by atoms with van der Waals surface area (Å²) < 4.78 is 16.8. The van der Waals surface area contributed by atoms with Gasteiger partial charge in [-0.3, -0.25) is 0 Å². The largest absolute Gasteiger partial charge is 0.497 e. The summed E-state index contributed by atoms with van der Waals surface area (Å²) in [6.07, 6.45) is 1.69. The third-order valence-corrected chi connectivity index (χ3v) is 4.33. The van der Waals surface area contributed by atoms with E-state index in [0.717, 1.165) is 18.6 Å². The Bertz CT molecular complexity index is 613. The van der Waals surface area contributed by atoms with Gasteiger partial charge in [-0.1, -0.05) is 26.0 Å². The fourth-order valence-electron chi connectivity index (χ4n) is 2.92. The topological polar surface area (TPSA) is 57.4 Å². The predicted octanol–water partition coefficient (Wildman–Crippen LogP) is 3.30. The highest BCUT2D eigenvalue weighted by Crippen LogP contribution is 2.41. The lowest BCUT2D eigenvalue weighted by molar-refractivity contribution is 0.0539. The Hall–Kier alpha value is -1.88. The van der Waals surface area contributed by atoms with Crippen LogP contribution in [0.5, 0.6) is 5.75 Å². The predicted molar refractivity (Wildman–Crippen MR) is 82.2 cm³/mol. The first-order chi connectivity index (χ1) is 10.7. The third-order valence-electron chi connectivity index (χ3n) is 4.33. The van der Waals surface area contributed by atoms with Crippen LogP contribution in [0.2, 0.25) is 0 Å². The molecule has 0 saturated carbocycles. The summed E-state index contributed by atoms with van der Waals surface area (Å²) in [5, 5.41) is 8.56. The van der Waals surface area contributed by atoms with Crippen molar-refractivity contribution in [2.24, 2.45) is 0 Å². The average molecular weight is 302 g/mol. The number of ether oxygens (including phenoxy) is 2. The molecule has 1 aromatic carbocycles. The van der Waals surface area contributed by atoms with Crippen LogP contribution in [0.15, 0.2) is 28.7 Å². The second-order valence-corrected chi connectivity index (χ2v) is 6.02. The van der Waals surface area contributed by atoms with E-state index in [-0.39, 0.29) is 11.3 Å². The molecule has 0 bridgehead atoms. The molecule has 2 aromatic rings. The lowest BCUT2D eigenvalue weighted by Gasteiger charge is -2.34. The molecule has 0 unspecified atom stereocenters. The summed E-state index contributed by atoms with van der Waals surface area (Å²) in [6, 6.07) is 8.13. The Kier molecular flexibility index (Phi) is 4.16. The van der Waals surface area contributed by atoms with E-state index in [9.17, 15) is 0 Å². The highest BCUT2D eigenvalue weighted by molar-refractivity contribution is 5.36. The molecule has 5 nitrogen and oxygen atoms in total. The van der Waals surface area contributed by atoms with Crippen LogP contribution in [-0.2, 0) is 10.2 Å². The monoisotopic (exact) mass is 302 g/mol. The van der Waals surface area contributed by atoms with Crippen LogP contribution >= 0.6 is 0 Å².